The maximum atomic E-state index is 2.25. The molecular formula is H4Na2Se2. The van der Waals surface area contributed by atoms with E-state index in [1.165, 1.54) is 0 Å². The molecule has 0 radical (unpaired) electrons. The first-order chi connectivity index (χ1) is 1.00. The SMILES string of the molecule is [H-].[H-].[Na+].[Na+].[SeH][SeH]. The number of rotatable bonds is 0. The van der Waals surface area contributed by atoms with Crippen molar-refractivity contribution in [2.75, 3.05) is 0 Å². The van der Waals surface area contributed by atoms with Crippen molar-refractivity contribution in [1.82, 2.24) is 0 Å². The molecule has 0 unspecified atom stereocenters. The second-order valence-electron chi connectivity index (χ2n) is 0. The molecule has 0 saturated carbocycles. The summed E-state index contributed by atoms with van der Waals surface area (Å²) in [6.07, 6.45) is 0. The van der Waals surface area contributed by atoms with Crippen molar-refractivity contribution < 1.29 is 62.0 Å². The molecule has 4 heavy (non-hydrogen) atoms. The summed E-state index contributed by atoms with van der Waals surface area (Å²) >= 11 is 4.50. The fourth-order valence-electron chi connectivity index (χ4n) is 0. The molecule has 0 nitrogen and oxygen atoms in total. The van der Waals surface area contributed by atoms with Crippen molar-refractivity contribution >= 4 is 28.4 Å². The van der Waals surface area contributed by atoms with Gasteiger partial charge in [-0.15, -0.1) is 0 Å². The van der Waals surface area contributed by atoms with Gasteiger partial charge in [0.25, 0.3) is 0 Å². The zero-order valence-corrected chi connectivity index (χ0v) is 10.6. The van der Waals surface area contributed by atoms with Crippen LogP contribution in [0.15, 0.2) is 0 Å². The Kier molecular flexibility index (Phi) is 65.3. The van der Waals surface area contributed by atoms with Crippen LogP contribution in [0.5, 0.6) is 0 Å². The predicted octanol–water partition coefficient (Wildman–Crippen LogP) is -7.06. The molecule has 0 spiro atoms. The van der Waals surface area contributed by atoms with Gasteiger partial charge in [0.05, 0.1) is 0 Å². The minimum atomic E-state index is 0. The van der Waals surface area contributed by atoms with E-state index in [1.54, 1.807) is 0 Å². The van der Waals surface area contributed by atoms with Crippen LogP contribution in [-0.2, 0) is 0 Å². The van der Waals surface area contributed by atoms with Gasteiger partial charge in [-0.1, -0.05) is 0 Å². The Morgan fingerprint density at radius 2 is 1.00 bits per heavy atom. The minimum absolute atomic E-state index is 0. The molecule has 0 aliphatic carbocycles. The van der Waals surface area contributed by atoms with Crippen LogP contribution in [0.1, 0.15) is 2.85 Å². The van der Waals surface area contributed by atoms with Crippen molar-refractivity contribution in [3.05, 3.63) is 0 Å². The fourth-order valence-corrected chi connectivity index (χ4v) is 0. The summed E-state index contributed by atoms with van der Waals surface area (Å²) in [5.41, 5.74) is 0. The zero-order valence-electron chi connectivity index (χ0n) is 4.89. The van der Waals surface area contributed by atoms with Crippen LogP contribution in [0, 0.1) is 0 Å². The van der Waals surface area contributed by atoms with Crippen molar-refractivity contribution in [2.45, 2.75) is 0 Å². The number of hydrogen-bond acceptors (Lipinski definition) is 0. The molecule has 0 atom stereocenters. The van der Waals surface area contributed by atoms with Gasteiger partial charge in [-0.05, 0) is 0 Å². The fraction of sp³-hybridized carbons (Fsp3) is 0. The van der Waals surface area contributed by atoms with Crippen LogP contribution in [-0.4, -0.2) is 28.4 Å². The monoisotopic (exact) mass is 210 g/mol. The summed E-state index contributed by atoms with van der Waals surface area (Å²) in [5, 5.41) is 0. The molecule has 0 aromatic carbocycles. The molecule has 0 aromatic heterocycles. The summed E-state index contributed by atoms with van der Waals surface area (Å²) < 4.78 is 0. The molecule has 0 heterocycles. The van der Waals surface area contributed by atoms with Gasteiger partial charge in [-0.3, -0.25) is 0 Å². The molecular weight excluding hydrogens is 204 g/mol. The predicted molar refractivity (Wildman–Crippen MR) is 16.5 cm³/mol. The summed E-state index contributed by atoms with van der Waals surface area (Å²) in [5.74, 6) is 0. The van der Waals surface area contributed by atoms with Crippen LogP contribution in [0.4, 0.5) is 0 Å². The first-order valence-electron chi connectivity index (χ1n) is 0.200. The normalized spacial score (nSPS) is 1.50. The third kappa shape index (κ3) is 8.90. The van der Waals surface area contributed by atoms with Gasteiger partial charge in [-0.2, -0.15) is 0 Å². The van der Waals surface area contributed by atoms with Crippen molar-refractivity contribution in [2.24, 2.45) is 0 Å². The Labute approximate surface area is 88.6 Å². The molecule has 18 valence electrons. The average Bonchev–Trinajstić information content (AvgIpc) is 1.00. The zero-order chi connectivity index (χ0) is 2.00. The van der Waals surface area contributed by atoms with Crippen molar-refractivity contribution in [1.29, 1.82) is 0 Å². The first-order valence-corrected chi connectivity index (χ1v) is 5.40. The maximum absolute atomic E-state index is 2.25. The van der Waals surface area contributed by atoms with Gasteiger partial charge in [0.2, 0.25) is 0 Å². The molecule has 0 fully saturated rings. The summed E-state index contributed by atoms with van der Waals surface area (Å²) in [6.45, 7) is 0. The molecule has 0 N–H and O–H groups in total. The van der Waals surface area contributed by atoms with Crippen LogP contribution in [0.25, 0.3) is 0 Å². The van der Waals surface area contributed by atoms with Crippen LogP contribution in [0.2, 0.25) is 0 Å². The summed E-state index contributed by atoms with van der Waals surface area (Å²) in [6, 6.07) is 0. The second-order valence-corrected chi connectivity index (χ2v) is 0. The van der Waals surface area contributed by atoms with Crippen molar-refractivity contribution in [3.63, 3.8) is 0 Å². The van der Waals surface area contributed by atoms with Gasteiger partial charge in [0, 0.05) is 0 Å². The Morgan fingerprint density at radius 3 is 1.00 bits per heavy atom. The van der Waals surface area contributed by atoms with Crippen LogP contribution >= 0.6 is 0 Å². The molecule has 0 aliphatic rings. The third-order valence-electron chi connectivity index (χ3n) is 0. The van der Waals surface area contributed by atoms with Crippen LogP contribution in [0.3, 0.4) is 0 Å². The van der Waals surface area contributed by atoms with E-state index in [-0.39, 0.29) is 62.0 Å². The summed E-state index contributed by atoms with van der Waals surface area (Å²) in [7, 11) is 0. The Balaban J connectivity index is -0.000000000833. The number of hydrogen-bond donors (Lipinski definition) is 0. The van der Waals surface area contributed by atoms with Crippen LogP contribution < -0.4 is 59.1 Å². The third-order valence-corrected chi connectivity index (χ3v) is 0. The standard InChI is InChI=1S/2Na.H2Se2.2H/c;;1-2;;/h;;1-2H;;/q2*+1;;2*-1. The molecule has 4 heteroatoms. The molecule has 0 saturated heterocycles. The average molecular weight is 208 g/mol. The van der Waals surface area contributed by atoms with Gasteiger partial charge in [0.15, 0.2) is 0 Å². The first kappa shape index (κ1) is 15.7. The van der Waals surface area contributed by atoms with Gasteiger partial charge in [0.1, 0.15) is 0 Å². The molecule has 0 aromatic rings. The van der Waals surface area contributed by atoms with Gasteiger partial charge in [-0.25, -0.2) is 0 Å². The van der Waals surface area contributed by atoms with Crippen molar-refractivity contribution in [3.8, 4) is 0 Å². The van der Waals surface area contributed by atoms with E-state index in [4.69, 9.17) is 0 Å². The Morgan fingerprint density at radius 1 is 1.00 bits per heavy atom. The second kappa shape index (κ2) is 16.6. The Bertz CT molecular complexity index is 9.51. The Hall–Kier alpha value is 3.04. The van der Waals surface area contributed by atoms with Gasteiger partial charge >= 0.3 is 87.5 Å². The molecule has 0 bridgehead atoms. The molecule has 0 rings (SSSR count). The van der Waals surface area contributed by atoms with Gasteiger partial charge < -0.3 is 2.85 Å². The van der Waals surface area contributed by atoms with E-state index in [1.807, 2.05) is 0 Å². The molecule has 0 aliphatic heterocycles. The van der Waals surface area contributed by atoms with E-state index in [0.29, 0.717) is 0 Å². The van der Waals surface area contributed by atoms with E-state index < -0.39 is 0 Å². The quantitative estimate of drug-likeness (QED) is 0.347. The topological polar surface area (TPSA) is 0 Å². The van der Waals surface area contributed by atoms with E-state index >= 15 is 0 Å². The summed E-state index contributed by atoms with van der Waals surface area (Å²) in [4.78, 5) is 0. The van der Waals surface area contributed by atoms with E-state index in [2.05, 4.69) is 28.4 Å². The molecule has 0 amide bonds. The van der Waals surface area contributed by atoms with E-state index in [9.17, 15) is 0 Å². The van der Waals surface area contributed by atoms with E-state index in [0.717, 1.165) is 0 Å².